The zero-order chi connectivity index (χ0) is 15.1. The summed E-state index contributed by atoms with van der Waals surface area (Å²) in [5.74, 6) is 0.212. The minimum absolute atomic E-state index is 0.162. The van der Waals surface area contributed by atoms with E-state index in [0.717, 1.165) is 12.8 Å². The number of likely N-dealkylation sites (N-methyl/N-ethyl adjacent to an activating group) is 1. The van der Waals surface area contributed by atoms with Crippen LogP contribution in [0.5, 0.6) is 0 Å². The van der Waals surface area contributed by atoms with Crippen molar-refractivity contribution >= 4 is 5.91 Å². The number of H-pyrrole nitrogens is 1. The molecule has 1 rings (SSSR count). The molecule has 112 valence electrons. The van der Waals surface area contributed by atoms with Crippen LogP contribution in [0.4, 0.5) is 0 Å². The lowest BCUT2D eigenvalue weighted by atomic mass is 9.93. The number of rotatable bonds is 7. The third-order valence-electron chi connectivity index (χ3n) is 3.80. The zero-order valence-corrected chi connectivity index (χ0v) is 12.8. The molecule has 1 amide bonds. The molecule has 0 aromatic carbocycles. The number of carbonyl (C=O) groups excluding carboxylic acids is 1. The quantitative estimate of drug-likeness (QED) is 0.794. The SMILES string of the molecule is CCC(CC)C(CNC(=O)c1c[nH]ccc1=O)N(C)C. The van der Waals surface area contributed by atoms with Crippen molar-refractivity contribution in [2.24, 2.45) is 5.92 Å². The minimum atomic E-state index is -0.315. The van der Waals surface area contributed by atoms with E-state index in [9.17, 15) is 9.59 Å². The van der Waals surface area contributed by atoms with E-state index in [2.05, 4.69) is 29.0 Å². The van der Waals surface area contributed by atoms with Gasteiger partial charge in [0.1, 0.15) is 5.56 Å². The topological polar surface area (TPSA) is 65.2 Å². The number of aromatic amines is 1. The number of amides is 1. The Morgan fingerprint density at radius 1 is 1.35 bits per heavy atom. The summed E-state index contributed by atoms with van der Waals surface area (Å²) in [7, 11) is 4.04. The normalized spacial score (nSPS) is 12.7. The molecule has 2 N–H and O–H groups in total. The number of aromatic nitrogens is 1. The first-order valence-electron chi connectivity index (χ1n) is 7.12. The summed E-state index contributed by atoms with van der Waals surface area (Å²) < 4.78 is 0. The van der Waals surface area contributed by atoms with Crippen molar-refractivity contribution in [3.05, 3.63) is 34.2 Å². The molecule has 0 fully saturated rings. The molecule has 5 nitrogen and oxygen atoms in total. The Morgan fingerprint density at radius 3 is 2.50 bits per heavy atom. The summed E-state index contributed by atoms with van der Waals surface area (Å²) in [6.45, 7) is 4.87. The average Bonchev–Trinajstić information content (AvgIpc) is 2.43. The lowest BCUT2D eigenvalue weighted by Crippen LogP contribution is -2.45. The fraction of sp³-hybridized carbons (Fsp3) is 0.600. The van der Waals surface area contributed by atoms with Crippen LogP contribution in [0, 0.1) is 5.92 Å². The van der Waals surface area contributed by atoms with Crippen LogP contribution >= 0.6 is 0 Å². The Bertz CT molecular complexity index is 478. The van der Waals surface area contributed by atoms with Crippen LogP contribution in [-0.2, 0) is 0 Å². The highest BCUT2D eigenvalue weighted by Crippen LogP contribution is 2.16. The molecule has 20 heavy (non-hydrogen) atoms. The van der Waals surface area contributed by atoms with Gasteiger partial charge in [-0.2, -0.15) is 0 Å². The summed E-state index contributed by atoms with van der Waals surface area (Å²) in [6.07, 6.45) is 5.10. The van der Waals surface area contributed by atoms with E-state index in [4.69, 9.17) is 0 Å². The van der Waals surface area contributed by atoms with E-state index in [0.29, 0.717) is 12.5 Å². The van der Waals surface area contributed by atoms with Crippen LogP contribution in [0.1, 0.15) is 37.0 Å². The van der Waals surface area contributed by atoms with Crippen molar-refractivity contribution in [3.63, 3.8) is 0 Å². The summed E-state index contributed by atoms with van der Waals surface area (Å²) in [6, 6.07) is 1.64. The maximum Gasteiger partial charge on any atom is 0.256 e. The van der Waals surface area contributed by atoms with Gasteiger partial charge in [-0.1, -0.05) is 26.7 Å². The fourth-order valence-corrected chi connectivity index (χ4v) is 2.49. The minimum Gasteiger partial charge on any atom is -0.367 e. The van der Waals surface area contributed by atoms with Gasteiger partial charge in [0.2, 0.25) is 0 Å². The maximum absolute atomic E-state index is 12.0. The Morgan fingerprint density at radius 2 is 2.00 bits per heavy atom. The first kappa shape index (κ1) is 16.4. The number of hydrogen-bond acceptors (Lipinski definition) is 3. The lowest BCUT2D eigenvalue weighted by Gasteiger charge is -2.31. The van der Waals surface area contributed by atoms with Gasteiger partial charge in [0.05, 0.1) is 0 Å². The fourth-order valence-electron chi connectivity index (χ4n) is 2.49. The molecule has 1 aromatic heterocycles. The Balaban J connectivity index is 2.71. The highest BCUT2D eigenvalue weighted by molar-refractivity contribution is 5.93. The van der Waals surface area contributed by atoms with Crippen molar-refractivity contribution in [1.29, 1.82) is 0 Å². The van der Waals surface area contributed by atoms with Gasteiger partial charge < -0.3 is 15.2 Å². The summed E-state index contributed by atoms with van der Waals surface area (Å²) in [5.41, 5.74) is -0.0975. The van der Waals surface area contributed by atoms with E-state index in [-0.39, 0.29) is 22.9 Å². The second-order valence-electron chi connectivity index (χ2n) is 5.24. The van der Waals surface area contributed by atoms with E-state index in [1.165, 1.54) is 18.5 Å². The molecule has 0 radical (unpaired) electrons. The maximum atomic E-state index is 12.0. The van der Waals surface area contributed by atoms with E-state index >= 15 is 0 Å². The third-order valence-corrected chi connectivity index (χ3v) is 3.80. The molecule has 5 heteroatoms. The number of carbonyl (C=O) groups is 1. The van der Waals surface area contributed by atoms with E-state index in [1.807, 2.05) is 14.1 Å². The van der Waals surface area contributed by atoms with Crippen LogP contribution < -0.4 is 10.7 Å². The van der Waals surface area contributed by atoms with Gasteiger partial charge >= 0.3 is 0 Å². The summed E-state index contributed by atoms with van der Waals surface area (Å²) in [4.78, 5) is 28.5. The molecule has 0 aliphatic heterocycles. The molecule has 0 saturated carbocycles. The van der Waals surface area contributed by atoms with Crippen LogP contribution in [0.25, 0.3) is 0 Å². The summed E-state index contributed by atoms with van der Waals surface area (Å²) in [5, 5.41) is 2.87. The largest absolute Gasteiger partial charge is 0.367 e. The van der Waals surface area contributed by atoms with Crippen molar-refractivity contribution in [3.8, 4) is 0 Å². The summed E-state index contributed by atoms with van der Waals surface area (Å²) >= 11 is 0. The van der Waals surface area contributed by atoms with E-state index < -0.39 is 0 Å². The molecule has 1 atom stereocenters. The predicted octanol–water partition coefficient (Wildman–Crippen LogP) is 1.47. The molecular weight excluding hydrogens is 254 g/mol. The molecule has 0 saturated heterocycles. The molecule has 1 heterocycles. The van der Waals surface area contributed by atoms with Gasteiger partial charge in [-0.3, -0.25) is 9.59 Å². The van der Waals surface area contributed by atoms with Crippen LogP contribution in [0.3, 0.4) is 0 Å². The Kier molecular flexibility index (Phi) is 6.45. The van der Waals surface area contributed by atoms with Gasteiger partial charge in [0.25, 0.3) is 5.91 Å². The predicted molar refractivity (Wildman–Crippen MR) is 80.9 cm³/mol. The molecular formula is C15H25N3O2. The zero-order valence-electron chi connectivity index (χ0n) is 12.8. The number of nitrogens with zero attached hydrogens (tertiary/aromatic N) is 1. The Hall–Kier alpha value is -1.62. The molecule has 0 spiro atoms. The van der Waals surface area contributed by atoms with E-state index in [1.54, 1.807) is 0 Å². The lowest BCUT2D eigenvalue weighted by molar-refractivity contribution is 0.0927. The van der Waals surface area contributed by atoms with Crippen LogP contribution in [0.15, 0.2) is 23.3 Å². The third kappa shape index (κ3) is 4.20. The second kappa shape index (κ2) is 7.85. The number of pyridine rings is 1. The molecule has 0 bridgehead atoms. The van der Waals surface area contributed by atoms with Gasteiger partial charge in [0, 0.05) is 31.0 Å². The van der Waals surface area contributed by atoms with Crippen molar-refractivity contribution in [2.45, 2.75) is 32.7 Å². The van der Waals surface area contributed by atoms with Crippen LogP contribution in [0.2, 0.25) is 0 Å². The molecule has 0 aliphatic rings. The van der Waals surface area contributed by atoms with Crippen molar-refractivity contribution in [1.82, 2.24) is 15.2 Å². The van der Waals surface area contributed by atoms with Crippen LogP contribution in [-0.4, -0.2) is 42.5 Å². The van der Waals surface area contributed by atoms with Crippen molar-refractivity contribution in [2.75, 3.05) is 20.6 Å². The van der Waals surface area contributed by atoms with Crippen molar-refractivity contribution < 1.29 is 4.79 Å². The first-order valence-corrected chi connectivity index (χ1v) is 7.12. The number of hydrogen-bond donors (Lipinski definition) is 2. The van der Waals surface area contributed by atoms with Gasteiger partial charge in [-0.05, 0) is 20.0 Å². The smallest absolute Gasteiger partial charge is 0.256 e. The molecule has 1 unspecified atom stereocenters. The first-order chi connectivity index (χ1) is 9.51. The monoisotopic (exact) mass is 279 g/mol. The highest BCUT2D eigenvalue weighted by Gasteiger charge is 2.21. The Labute approximate surface area is 120 Å². The second-order valence-corrected chi connectivity index (χ2v) is 5.24. The average molecular weight is 279 g/mol. The van der Waals surface area contributed by atoms with Gasteiger partial charge in [-0.25, -0.2) is 0 Å². The van der Waals surface area contributed by atoms with Gasteiger partial charge in [-0.15, -0.1) is 0 Å². The number of nitrogens with one attached hydrogen (secondary N) is 2. The van der Waals surface area contributed by atoms with Gasteiger partial charge in [0.15, 0.2) is 5.43 Å². The molecule has 1 aromatic rings. The standard InChI is InChI=1S/C15H25N3O2/c1-5-11(6-2)13(18(3)4)10-17-15(20)12-9-16-8-7-14(12)19/h7-9,11,13H,5-6,10H2,1-4H3,(H,16,19)(H,17,20). The molecule has 0 aliphatic carbocycles. The highest BCUT2D eigenvalue weighted by atomic mass is 16.2.